The van der Waals surface area contributed by atoms with Crippen LogP contribution in [0.1, 0.15) is 17.8 Å². The van der Waals surface area contributed by atoms with Crippen molar-refractivity contribution in [3.63, 3.8) is 0 Å². The first-order valence-electron chi connectivity index (χ1n) is 8.17. The maximum Gasteiger partial charge on any atom is 0.239 e. The van der Waals surface area contributed by atoms with Gasteiger partial charge in [-0.15, -0.1) is 0 Å². The normalized spacial score (nSPS) is 17.4. The summed E-state index contributed by atoms with van der Waals surface area (Å²) in [4.78, 5) is 4.69. The van der Waals surface area contributed by atoms with Gasteiger partial charge in [0.05, 0.1) is 17.6 Å². The number of rotatable bonds is 4. The van der Waals surface area contributed by atoms with Gasteiger partial charge < -0.3 is 14.8 Å². The summed E-state index contributed by atoms with van der Waals surface area (Å²) in [7, 11) is 0. The van der Waals surface area contributed by atoms with Crippen LogP contribution in [0.2, 0.25) is 5.02 Å². The van der Waals surface area contributed by atoms with Gasteiger partial charge in [-0.3, -0.25) is 5.43 Å². The van der Waals surface area contributed by atoms with Crippen LogP contribution < -0.4 is 5.43 Å². The van der Waals surface area contributed by atoms with Gasteiger partial charge in [0.1, 0.15) is 5.82 Å². The maximum absolute atomic E-state index is 10.1. The zero-order valence-electron chi connectivity index (χ0n) is 13.6. The summed E-state index contributed by atoms with van der Waals surface area (Å²) in [6.07, 6.45) is 0.254. The molecule has 6 nitrogen and oxygen atoms in total. The molecule has 0 saturated carbocycles. The lowest BCUT2D eigenvalue weighted by molar-refractivity contribution is -0.259. The number of nitrogens with zero attached hydrogens (tertiary/aromatic N) is 3. The Morgan fingerprint density at radius 2 is 1.84 bits per heavy atom. The van der Waals surface area contributed by atoms with Gasteiger partial charge in [0.2, 0.25) is 5.91 Å². The zero-order valence-corrected chi connectivity index (χ0v) is 14.3. The monoisotopic (exact) mass is 358 g/mol. The molecular weight excluding hydrogens is 340 g/mol. The number of fused-ring (bicyclic) bond motifs is 1. The molecule has 0 aliphatic carbocycles. The molecule has 0 bridgehead atoms. The minimum Gasteiger partial charge on any atom is -0.352 e. The fraction of sp³-hybridized carbons (Fsp3) is 0.278. The summed E-state index contributed by atoms with van der Waals surface area (Å²) < 4.78 is 2.09. The number of benzene rings is 2. The Hall–Kier alpha value is -1.96. The van der Waals surface area contributed by atoms with E-state index in [-0.39, 0.29) is 13.0 Å². The number of hydrazine groups is 1. The van der Waals surface area contributed by atoms with Crippen LogP contribution in [0.3, 0.4) is 0 Å². The SMILES string of the molecule is OC1(O)CCNN1Cc1nc2ccccc2n1Cc1ccc(Cl)cc1. The first-order valence-corrected chi connectivity index (χ1v) is 8.55. The lowest BCUT2D eigenvalue weighted by Gasteiger charge is -2.27. The highest BCUT2D eigenvalue weighted by molar-refractivity contribution is 6.30. The van der Waals surface area contributed by atoms with Gasteiger partial charge in [-0.1, -0.05) is 35.9 Å². The van der Waals surface area contributed by atoms with Crippen molar-refractivity contribution in [1.82, 2.24) is 20.0 Å². The maximum atomic E-state index is 10.1. The molecule has 0 unspecified atom stereocenters. The van der Waals surface area contributed by atoms with E-state index in [9.17, 15) is 10.2 Å². The molecule has 0 spiro atoms. The molecule has 1 aromatic heterocycles. The van der Waals surface area contributed by atoms with Gasteiger partial charge in [-0.2, -0.15) is 5.01 Å². The van der Waals surface area contributed by atoms with E-state index in [1.54, 1.807) is 0 Å². The Kier molecular flexibility index (Phi) is 4.23. The molecule has 2 heterocycles. The van der Waals surface area contributed by atoms with Gasteiger partial charge >= 0.3 is 0 Å². The second kappa shape index (κ2) is 6.40. The highest BCUT2D eigenvalue weighted by Gasteiger charge is 2.37. The Morgan fingerprint density at radius 3 is 2.56 bits per heavy atom. The zero-order chi connectivity index (χ0) is 17.4. The van der Waals surface area contributed by atoms with Crippen molar-refractivity contribution < 1.29 is 10.2 Å². The molecular formula is C18H19ClN4O2. The molecule has 0 amide bonds. The van der Waals surface area contributed by atoms with E-state index < -0.39 is 5.91 Å². The van der Waals surface area contributed by atoms with Crippen molar-refractivity contribution in [2.45, 2.75) is 25.4 Å². The fourth-order valence-electron chi connectivity index (χ4n) is 3.14. The van der Waals surface area contributed by atoms with E-state index in [0.29, 0.717) is 18.1 Å². The van der Waals surface area contributed by atoms with Crippen LogP contribution in [0, 0.1) is 0 Å². The first kappa shape index (κ1) is 16.5. The van der Waals surface area contributed by atoms with Crippen molar-refractivity contribution in [2.24, 2.45) is 0 Å². The van der Waals surface area contributed by atoms with Gasteiger partial charge in [0, 0.05) is 24.5 Å². The summed E-state index contributed by atoms with van der Waals surface area (Å²) in [5.41, 5.74) is 5.99. The highest BCUT2D eigenvalue weighted by Crippen LogP contribution is 2.23. The Morgan fingerprint density at radius 1 is 1.08 bits per heavy atom. The lowest BCUT2D eigenvalue weighted by atomic mass is 10.2. The number of para-hydroxylation sites is 2. The third-order valence-corrected chi connectivity index (χ3v) is 4.73. The third-order valence-electron chi connectivity index (χ3n) is 4.48. The van der Waals surface area contributed by atoms with Crippen molar-refractivity contribution in [1.29, 1.82) is 0 Å². The second-order valence-electron chi connectivity index (χ2n) is 6.25. The smallest absolute Gasteiger partial charge is 0.239 e. The predicted molar refractivity (Wildman–Crippen MR) is 95.6 cm³/mol. The number of imidazole rings is 1. The topological polar surface area (TPSA) is 73.6 Å². The number of hydrogen-bond acceptors (Lipinski definition) is 5. The molecule has 3 aromatic rings. The molecule has 25 heavy (non-hydrogen) atoms. The highest BCUT2D eigenvalue weighted by atomic mass is 35.5. The third kappa shape index (κ3) is 3.27. The number of aromatic nitrogens is 2. The Balaban J connectivity index is 1.71. The average molecular weight is 359 g/mol. The Bertz CT molecular complexity index is 892. The van der Waals surface area contributed by atoms with Crippen LogP contribution >= 0.6 is 11.6 Å². The van der Waals surface area contributed by atoms with E-state index in [4.69, 9.17) is 11.6 Å². The van der Waals surface area contributed by atoms with Crippen molar-refractivity contribution in [3.05, 3.63) is 64.9 Å². The average Bonchev–Trinajstić information content (AvgIpc) is 3.10. The lowest BCUT2D eigenvalue weighted by Crippen LogP contribution is -2.47. The minimum atomic E-state index is -1.86. The number of halogens is 1. The van der Waals surface area contributed by atoms with Crippen LogP contribution in [0.4, 0.5) is 0 Å². The number of aliphatic hydroxyl groups is 2. The minimum absolute atomic E-state index is 0.254. The van der Waals surface area contributed by atoms with Crippen molar-refractivity contribution in [3.8, 4) is 0 Å². The molecule has 130 valence electrons. The molecule has 0 radical (unpaired) electrons. The largest absolute Gasteiger partial charge is 0.352 e. The predicted octanol–water partition coefficient (Wildman–Crippen LogP) is 2.09. The molecule has 1 aliphatic rings. The quantitative estimate of drug-likeness (QED) is 0.623. The van der Waals surface area contributed by atoms with Crippen molar-refractivity contribution in [2.75, 3.05) is 6.54 Å². The molecule has 1 aliphatic heterocycles. The van der Waals surface area contributed by atoms with Gasteiger partial charge in [-0.25, -0.2) is 4.98 Å². The van der Waals surface area contributed by atoms with Crippen molar-refractivity contribution >= 4 is 22.6 Å². The first-order chi connectivity index (χ1) is 12.0. The van der Waals surface area contributed by atoms with Crippen LogP contribution in [0.15, 0.2) is 48.5 Å². The van der Waals surface area contributed by atoms with E-state index in [1.807, 2.05) is 48.5 Å². The van der Waals surface area contributed by atoms with Crippen LogP contribution in [-0.4, -0.2) is 37.2 Å². The van der Waals surface area contributed by atoms with Gasteiger partial charge in [-0.05, 0) is 29.8 Å². The number of hydrogen-bond donors (Lipinski definition) is 3. The summed E-state index contributed by atoms with van der Waals surface area (Å²) in [6.45, 7) is 1.43. The van der Waals surface area contributed by atoms with E-state index in [1.165, 1.54) is 5.01 Å². The Labute approximate surface area is 150 Å². The molecule has 7 heteroatoms. The second-order valence-corrected chi connectivity index (χ2v) is 6.68. The molecule has 0 atom stereocenters. The standard InChI is InChI=1S/C18H19ClN4O2/c19-14-7-5-13(6-8-14)11-22-16-4-2-1-3-15(16)21-17(22)12-23-18(24,25)9-10-20-23/h1-8,20,24-25H,9-12H2. The van der Waals surface area contributed by atoms with E-state index in [2.05, 4.69) is 15.0 Å². The molecule has 1 saturated heterocycles. The van der Waals surface area contributed by atoms with E-state index in [0.717, 1.165) is 22.4 Å². The van der Waals surface area contributed by atoms with Crippen LogP contribution in [0.25, 0.3) is 11.0 Å². The molecule has 2 aromatic carbocycles. The molecule has 4 rings (SSSR count). The summed E-state index contributed by atoms with van der Waals surface area (Å²) >= 11 is 5.97. The molecule has 1 fully saturated rings. The van der Waals surface area contributed by atoms with Crippen LogP contribution in [0.5, 0.6) is 0 Å². The number of nitrogens with one attached hydrogen (secondary N) is 1. The van der Waals surface area contributed by atoms with Gasteiger partial charge in [0.25, 0.3) is 0 Å². The van der Waals surface area contributed by atoms with E-state index >= 15 is 0 Å². The summed E-state index contributed by atoms with van der Waals surface area (Å²) in [5.74, 6) is -1.10. The van der Waals surface area contributed by atoms with Crippen LogP contribution in [-0.2, 0) is 13.1 Å². The summed E-state index contributed by atoms with van der Waals surface area (Å²) in [6, 6.07) is 15.6. The molecule has 3 N–H and O–H groups in total. The fourth-order valence-corrected chi connectivity index (χ4v) is 3.26. The van der Waals surface area contributed by atoms with Gasteiger partial charge in [0.15, 0.2) is 0 Å². The summed E-state index contributed by atoms with van der Waals surface area (Å²) in [5, 5.41) is 22.3.